The Bertz CT molecular complexity index is 1250. The number of hydrogen-bond donors (Lipinski definition) is 1. The monoisotopic (exact) mass is 568 g/mol. The number of rotatable bonds is 7. The standard InChI is InChI=1S/C29H32N2O8S/c1-5-16-31(28(35)39-29(2,3)4)27-30-21-23(38-25(34)19-14-10-7-11-15-19)22(20(17-32)36-26(21)40-27)37-24(33)18-12-8-6-9-13-18/h5-15,20-23,26,32H,1,16-17H2,2-4H3. The van der Waals surface area contributed by atoms with Gasteiger partial charge in [-0.05, 0) is 45.0 Å². The van der Waals surface area contributed by atoms with Gasteiger partial charge < -0.3 is 24.1 Å². The van der Waals surface area contributed by atoms with E-state index in [-0.39, 0.29) is 22.8 Å². The Morgan fingerprint density at radius 3 is 2.05 bits per heavy atom. The predicted octanol–water partition coefficient (Wildman–Crippen LogP) is 4.05. The lowest BCUT2D eigenvalue weighted by Gasteiger charge is -2.41. The number of ether oxygens (including phenoxy) is 4. The van der Waals surface area contributed by atoms with Gasteiger partial charge in [-0.3, -0.25) is 9.89 Å². The van der Waals surface area contributed by atoms with Gasteiger partial charge in [0, 0.05) is 6.54 Å². The van der Waals surface area contributed by atoms with E-state index in [2.05, 4.69) is 11.6 Å². The minimum absolute atomic E-state index is 0.102. The lowest BCUT2D eigenvalue weighted by molar-refractivity contribution is -0.168. The summed E-state index contributed by atoms with van der Waals surface area (Å²) in [5, 5.41) is 10.5. The molecule has 10 nitrogen and oxygen atoms in total. The van der Waals surface area contributed by atoms with E-state index in [0.29, 0.717) is 0 Å². The van der Waals surface area contributed by atoms with Crippen LogP contribution in [-0.4, -0.2) is 81.7 Å². The number of thioether (sulfide) groups is 1. The van der Waals surface area contributed by atoms with Crippen molar-refractivity contribution in [2.24, 2.45) is 4.99 Å². The van der Waals surface area contributed by atoms with Crippen LogP contribution in [0.25, 0.3) is 0 Å². The van der Waals surface area contributed by atoms with Gasteiger partial charge in [-0.15, -0.1) is 6.58 Å². The molecule has 5 atom stereocenters. The number of carbonyl (C=O) groups is 3. The number of nitrogens with zero attached hydrogens (tertiary/aromatic N) is 2. The molecule has 1 amide bonds. The molecule has 212 valence electrons. The van der Waals surface area contributed by atoms with Crippen LogP contribution in [0, 0.1) is 0 Å². The van der Waals surface area contributed by atoms with E-state index in [1.807, 2.05) is 0 Å². The maximum Gasteiger partial charge on any atom is 0.416 e. The fraction of sp³-hybridized carbons (Fsp3) is 0.379. The summed E-state index contributed by atoms with van der Waals surface area (Å²) < 4.78 is 23.3. The smallest absolute Gasteiger partial charge is 0.416 e. The number of fused-ring (bicyclic) bond motifs is 1. The Hall–Kier alpha value is -3.67. The quantitative estimate of drug-likeness (QED) is 0.299. The highest BCUT2D eigenvalue weighted by Crippen LogP contribution is 2.40. The van der Waals surface area contributed by atoms with Crippen molar-refractivity contribution >= 4 is 35.0 Å². The fourth-order valence-corrected chi connectivity index (χ4v) is 5.37. The third-order valence-electron chi connectivity index (χ3n) is 5.94. The molecule has 2 aliphatic heterocycles. The molecular weight excluding hydrogens is 536 g/mol. The minimum atomic E-state index is -1.19. The molecule has 0 spiro atoms. The van der Waals surface area contributed by atoms with Gasteiger partial charge in [-0.25, -0.2) is 14.4 Å². The Kier molecular flexibility index (Phi) is 9.28. The van der Waals surface area contributed by atoms with Crippen molar-refractivity contribution in [3.05, 3.63) is 84.4 Å². The van der Waals surface area contributed by atoms with Crippen molar-refractivity contribution in [3.8, 4) is 0 Å². The molecule has 5 unspecified atom stereocenters. The van der Waals surface area contributed by atoms with Crippen molar-refractivity contribution in [3.63, 3.8) is 0 Å². The van der Waals surface area contributed by atoms with E-state index in [9.17, 15) is 19.5 Å². The molecule has 2 aromatic carbocycles. The maximum absolute atomic E-state index is 13.2. The molecule has 2 aliphatic rings. The number of aliphatic hydroxyl groups excluding tert-OH is 1. The number of esters is 2. The third kappa shape index (κ3) is 6.90. The van der Waals surface area contributed by atoms with Crippen LogP contribution in [0.5, 0.6) is 0 Å². The number of hydrogen-bond acceptors (Lipinski definition) is 10. The summed E-state index contributed by atoms with van der Waals surface area (Å²) in [6.07, 6.45) is -2.46. The van der Waals surface area contributed by atoms with Crippen LogP contribution in [0.1, 0.15) is 41.5 Å². The normalized spacial score (nSPS) is 23.8. The summed E-state index contributed by atoms with van der Waals surface area (Å²) in [4.78, 5) is 45.2. The van der Waals surface area contributed by atoms with E-state index in [1.54, 1.807) is 81.4 Å². The number of carbonyl (C=O) groups excluding carboxylic acids is 3. The summed E-state index contributed by atoms with van der Waals surface area (Å²) in [5.41, 5.74) is -0.935. The molecule has 0 radical (unpaired) electrons. The molecule has 0 aliphatic carbocycles. The molecule has 0 saturated carbocycles. The second-order valence-corrected chi connectivity index (χ2v) is 11.2. The van der Waals surface area contributed by atoms with Crippen LogP contribution in [-0.2, 0) is 18.9 Å². The van der Waals surface area contributed by atoms with Gasteiger partial charge in [0.1, 0.15) is 23.2 Å². The third-order valence-corrected chi connectivity index (χ3v) is 7.10. The highest BCUT2D eigenvalue weighted by atomic mass is 32.2. The average Bonchev–Trinajstić information content (AvgIpc) is 3.36. The first-order valence-electron chi connectivity index (χ1n) is 12.8. The van der Waals surface area contributed by atoms with Gasteiger partial charge in [0.15, 0.2) is 17.4 Å². The number of aliphatic imine (C=N–C) groups is 1. The van der Waals surface area contributed by atoms with Crippen molar-refractivity contribution in [2.75, 3.05) is 13.2 Å². The largest absolute Gasteiger partial charge is 0.452 e. The Morgan fingerprint density at radius 1 is 1.00 bits per heavy atom. The SMILES string of the molecule is C=CCN(C(=O)OC(C)(C)C)C1=NC2C(OC(CO)C(OC(=O)c3ccccc3)C2OC(=O)c2ccccc2)S1. The highest BCUT2D eigenvalue weighted by Gasteiger charge is 2.54. The predicted molar refractivity (Wildman–Crippen MR) is 149 cm³/mol. The molecule has 0 bridgehead atoms. The number of aliphatic hydroxyl groups is 1. The average molecular weight is 569 g/mol. The molecule has 11 heteroatoms. The summed E-state index contributed by atoms with van der Waals surface area (Å²) >= 11 is 1.12. The van der Waals surface area contributed by atoms with Crippen molar-refractivity contribution < 1.29 is 38.4 Å². The molecule has 2 heterocycles. The van der Waals surface area contributed by atoms with Crippen LogP contribution >= 0.6 is 11.8 Å². The summed E-state index contributed by atoms with van der Waals surface area (Å²) in [6.45, 7) is 8.56. The highest BCUT2D eigenvalue weighted by molar-refractivity contribution is 8.14. The molecular formula is C29H32N2O8S. The molecule has 1 N–H and O–H groups in total. The van der Waals surface area contributed by atoms with Crippen molar-refractivity contribution in [2.45, 2.75) is 56.2 Å². The fourth-order valence-electron chi connectivity index (χ4n) is 4.15. The lowest BCUT2D eigenvalue weighted by Crippen LogP contribution is -2.59. The number of amides is 1. The first kappa shape index (κ1) is 29.3. The Morgan fingerprint density at radius 2 is 1.55 bits per heavy atom. The molecule has 40 heavy (non-hydrogen) atoms. The van der Waals surface area contributed by atoms with Crippen molar-refractivity contribution in [1.29, 1.82) is 0 Å². The van der Waals surface area contributed by atoms with Gasteiger partial charge in [0.05, 0.1) is 17.7 Å². The molecule has 1 fully saturated rings. The van der Waals surface area contributed by atoms with Crippen LogP contribution < -0.4 is 0 Å². The molecule has 4 rings (SSSR count). The Labute approximate surface area is 237 Å². The first-order chi connectivity index (χ1) is 19.1. The Balaban J connectivity index is 1.68. The van der Waals surface area contributed by atoms with E-state index in [4.69, 9.17) is 18.9 Å². The number of amidine groups is 1. The molecule has 0 aromatic heterocycles. The van der Waals surface area contributed by atoms with Crippen LogP contribution in [0.4, 0.5) is 4.79 Å². The van der Waals surface area contributed by atoms with E-state index >= 15 is 0 Å². The zero-order valence-corrected chi connectivity index (χ0v) is 23.3. The van der Waals surface area contributed by atoms with E-state index < -0.39 is 60.0 Å². The van der Waals surface area contributed by atoms with E-state index in [1.165, 1.54) is 11.0 Å². The molecule has 2 aromatic rings. The van der Waals surface area contributed by atoms with Gasteiger partial charge in [-0.2, -0.15) is 0 Å². The van der Waals surface area contributed by atoms with Crippen molar-refractivity contribution in [1.82, 2.24) is 4.90 Å². The summed E-state index contributed by atoms with van der Waals surface area (Å²) in [6, 6.07) is 15.8. The van der Waals surface area contributed by atoms with Gasteiger partial charge >= 0.3 is 18.0 Å². The zero-order chi connectivity index (χ0) is 28.9. The zero-order valence-electron chi connectivity index (χ0n) is 22.5. The first-order valence-corrected chi connectivity index (χ1v) is 13.6. The van der Waals surface area contributed by atoms with Crippen LogP contribution in [0.3, 0.4) is 0 Å². The molecule has 1 saturated heterocycles. The van der Waals surface area contributed by atoms with Crippen LogP contribution in [0.15, 0.2) is 78.3 Å². The second-order valence-electron chi connectivity index (χ2n) is 10.1. The second kappa shape index (κ2) is 12.7. The summed E-state index contributed by atoms with van der Waals surface area (Å²) in [5.74, 6) is -1.34. The summed E-state index contributed by atoms with van der Waals surface area (Å²) in [7, 11) is 0. The van der Waals surface area contributed by atoms with Crippen LogP contribution in [0.2, 0.25) is 0 Å². The van der Waals surface area contributed by atoms with Gasteiger partial charge in [0.2, 0.25) is 0 Å². The van der Waals surface area contributed by atoms with Gasteiger partial charge in [-0.1, -0.05) is 54.2 Å². The lowest BCUT2D eigenvalue weighted by atomic mass is 9.97. The van der Waals surface area contributed by atoms with E-state index in [0.717, 1.165) is 11.8 Å². The number of benzene rings is 2. The topological polar surface area (TPSA) is 124 Å². The maximum atomic E-state index is 13.2. The minimum Gasteiger partial charge on any atom is -0.452 e. The van der Waals surface area contributed by atoms with Gasteiger partial charge in [0.25, 0.3) is 0 Å².